The summed E-state index contributed by atoms with van der Waals surface area (Å²) in [5.74, 6) is -1.20. The summed E-state index contributed by atoms with van der Waals surface area (Å²) in [6.07, 6.45) is 3.26. The van der Waals surface area contributed by atoms with Crippen molar-refractivity contribution >= 4 is 23.4 Å². The molecule has 2 aromatic rings. The van der Waals surface area contributed by atoms with Crippen LogP contribution in [0.25, 0.3) is 5.57 Å². The zero-order chi connectivity index (χ0) is 21.3. The highest BCUT2D eigenvalue weighted by atomic mass is 16.5. The van der Waals surface area contributed by atoms with Crippen LogP contribution in [0.15, 0.2) is 66.7 Å². The second kappa shape index (κ2) is 10.5. The van der Waals surface area contributed by atoms with Crippen LogP contribution in [-0.4, -0.2) is 48.4 Å². The van der Waals surface area contributed by atoms with Gasteiger partial charge in [-0.3, -0.25) is 24.6 Å². The number of amides is 2. The number of carbonyl (C=O) groups excluding carboxylic acids is 3. The van der Waals surface area contributed by atoms with Crippen molar-refractivity contribution in [3.8, 4) is 0 Å². The molecular formula is C24H26N2O4. The molecule has 6 heteroatoms. The number of likely N-dealkylation sites (tertiary alicyclic amines) is 1. The quantitative estimate of drug-likeness (QED) is 0.565. The molecule has 1 saturated heterocycles. The molecule has 1 heterocycles. The Morgan fingerprint density at radius 1 is 1.03 bits per heavy atom. The van der Waals surface area contributed by atoms with Crippen LogP contribution < -0.4 is 5.32 Å². The second-order valence-electron chi connectivity index (χ2n) is 7.25. The van der Waals surface area contributed by atoms with E-state index in [1.54, 1.807) is 35.2 Å². The zero-order valence-electron chi connectivity index (χ0n) is 17.0. The minimum atomic E-state index is -0.508. The van der Waals surface area contributed by atoms with E-state index in [0.717, 1.165) is 17.6 Å². The Labute approximate surface area is 176 Å². The minimum absolute atomic E-state index is 0.0236. The molecule has 1 aliphatic heterocycles. The van der Waals surface area contributed by atoms with Gasteiger partial charge in [-0.1, -0.05) is 48.5 Å². The molecule has 1 N–H and O–H groups in total. The standard InChI is InChI=1S/C24H26N2O4/c1-18(19-9-4-2-5-10-19)14-16-30-22(27)17-26-15-8-13-21(26)24(29)25-23(28)20-11-6-3-7-12-20/h2-7,9-12,14,21H,8,13,15-17H2,1H3,(H,25,28,29)/t21-/m1/s1. The van der Waals surface area contributed by atoms with Gasteiger partial charge in [0.2, 0.25) is 5.91 Å². The first-order chi connectivity index (χ1) is 14.5. The predicted octanol–water partition coefficient (Wildman–Crippen LogP) is 3.05. The van der Waals surface area contributed by atoms with Crippen molar-refractivity contribution in [2.24, 2.45) is 0 Å². The van der Waals surface area contributed by atoms with Crippen LogP contribution >= 0.6 is 0 Å². The minimum Gasteiger partial charge on any atom is -0.460 e. The van der Waals surface area contributed by atoms with Crippen LogP contribution in [0.4, 0.5) is 0 Å². The molecule has 1 atom stereocenters. The topological polar surface area (TPSA) is 75.7 Å². The van der Waals surface area contributed by atoms with E-state index < -0.39 is 11.9 Å². The molecule has 6 nitrogen and oxygen atoms in total. The Morgan fingerprint density at radius 3 is 2.33 bits per heavy atom. The summed E-state index contributed by atoms with van der Waals surface area (Å²) in [5, 5.41) is 2.44. The van der Waals surface area contributed by atoms with E-state index in [2.05, 4.69) is 5.32 Å². The van der Waals surface area contributed by atoms with Crippen molar-refractivity contribution in [2.45, 2.75) is 25.8 Å². The lowest BCUT2D eigenvalue weighted by Gasteiger charge is -2.22. The fourth-order valence-electron chi connectivity index (χ4n) is 3.46. The maximum Gasteiger partial charge on any atom is 0.320 e. The molecule has 3 rings (SSSR count). The van der Waals surface area contributed by atoms with Gasteiger partial charge >= 0.3 is 5.97 Å². The number of hydrogen-bond donors (Lipinski definition) is 1. The van der Waals surface area contributed by atoms with Crippen molar-refractivity contribution in [2.75, 3.05) is 19.7 Å². The van der Waals surface area contributed by atoms with Gasteiger partial charge in [0.1, 0.15) is 6.61 Å². The summed E-state index contributed by atoms with van der Waals surface area (Å²) in [6.45, 7) is 2.78. The van der Waals surface area contributed by atoms with E-state index in [1.165, 1.54) is 0 Å². The Morgan fingerprint density at radius 2 is 1.67 bits per heavy atom. The fraction of sp³-hybridized carbons (Fsp3) is 0.292. The molecule has 0 saturated carbocycles. The van der Waals surface area contributed by atoms with Gasteiger partial charge < -0.3 is 4.74 Å². The molecule has 0 aromatic heterocycles. The van der Waals surface area contributed by atoms with Crippen LogP contribution in [0.3, 0.4) is 0 Å². The normalized spacial score (nSPS) is 16.8. The van der Waals surface area contributed by atoms with E-state index >= 15 is 0 Å². The van der Waals surface area contributed by atoms with Crippen molar-refractivity contribution in [3.63, 3.8) is 0 Å². The molecule has 1 fully saturated rings. The van der Waals surface area contributed by atoms with Gasteiger partial charge in [0, 0.05) is 5.56 Å². The summed E-state index contributed by atoms with van der Waals surface area (Å²) in [6, 6.07) is 17.9. The van der Waals surface area contributed by atoms with Crippen LogP contribution in [0.1, 0.15) is 35.7 Å². The molecule has 1 aliphatic rings. The van der Waals surface area contributed by atoms with Crippen LogP contribution in [0.2, 0.25) is 0 Å². The number of imide groups is 1. The Hall–Kier alpha value is -3.25. The van der Waals surface area contributed by atoms with E-state index in [0.29, 0.717) is 18.5 Å². The summed E-state index contributed by atoms with van der Waals surface area (Å²) in [4.78, 5) is 38.8. The second-order valence-corrected chi connectivity index (χ2v) is 7.25. The number of nitrogens with zero attached hydrogens (tertiary/aromatic N) is 1. The average Bonchev–Trinajstić information content (AvgIpc) is 3.23. The molecule has 2 amide bonds. The monoisotopic (exact) mass is 406 g/mol. The largest absolute Gasteiger partial charge is 0.460 e. The number of benzene rings is 2. The van der Waals surface area contributed by atoms with Gasteiger partial charge in [-0.05, 0) is 55.7 Å². The number of allylic oxidation sites excluding steroid dienone is 1. The maximum atomic E-state index is 12.5. The van der Waals surface area contributed by atoms with Crippen molar-refractivity contribution < 1.29 is 19.1 Å². The third-order valence-electron chi connectivity index (χ3n) is 5.13. The van der Waals surface area contributed by atoms with Gasteiger partial charge in [-0.25, -0.2) is 0 Å². The molecule has 2 aromatic carbocycles. The lowest BCUT2D eigenvalue weighted by molar-refractivity contribution is -0.144. The van der Waals surface area contributed by atoms with Crippen LogP contribution in [0.5, 0.6) is 0 Å². The highest BCUT2D eigenvalue weighted by Gasteiger charge is 2.33. The van der Waals surface area contributed by atoms with Crippen molar-refractivity contribution in [1.29, 1.82) is 0 Å². The first-order valence-corrected chi connectivity index (χ1v) is 10.1. The third-order valence-corrected chi connectivity index (χ3v) is 5.13. The SMILES string of the molecule is CC(=CCOC(=O)CN1CCC[C@@H]1C(=O)NC(=O)c1ccccc1)c1ccccc1. The van der Waals surface area contributed by atoms with E-state index in [4.69, 9.17) is 4.74 Å². The molecule has 30 heavy (non-hydrogen) atoms. The van der Waals surface area contributed by atoms with Crippen molar-refractivity contribution in [1.82, 2.24) is 10.2 Å². The van der Waals surface area contributed by atoms with Gasteiger partial charge in [0.25, 0.3) is 5.91 Å². The highest BCUT2D eigenvalue weighted by molar-refractivity contribution is 6.06. The predicted molar refractivity (Wildman–Crippen MR) is 115 cm³/mol. The number of nitrogens with one attached hydrogen (secondary N) is 1. The molecule has 156 valence electrons. The maximum absolute atomic E-state index is 12.5. The zero-order valence-corrected chi connectivity index (χ0v) is 17.0. The van der Waals surface area contributed by atoms with Gasteiger partial charge in [-0.15, -0.1) is 0 Å². The van der Waals surface area contributed by atoms with E-state index in [9.17, 15) is 14.4 Å². The number of rotatable bonds is 7. The molecule has 0 aliphatic carbocycles. The highest BCUT2D eigenvalue weighted by Crippen LogP contribution is 2.17. The van der Waals surface area contributed by atoms with E-state index in [-0.39, 0.29) is 25.0 Å². The van der Waals surface area contributed by atoms with Crippen LogP contribution in [0, 0.1) is 0 Å². The molecule has 0 spiro atoms. The van der Waals surface area contributed by atoms with Crippen molar-refractivity contribution in [3.05, 3.63) is 77.9 Å². The molecule has 0 unspecified atom stereocenters. The molecule has 0 bridgehead atoms. The Kier molecular flexibility index (Phi) is 7.51. The third kappa shape index (κ3) is 5.87. The summed E-state index contributed by atoms with van der Waals surface area (Å²) in [5.41, 5.74) is 2.53. The fourth-order valence-corrected chi connectivity index (χ4v) is 3.46. The number of carbonyl (C=O) groups is 3. The number of hydrogen-bond acceptors (Lipinski definition) is 5. The lowest BCUT2D eigenvalue weighted by Crippen LogP contribution is -2.47. The Balaban J connectivity index is 1.48. The average molecular weight is 406 g/mol. The number of ether oxygens (including phenoxy) is 1. The summed E-state index contributed by atoms with van der Waals surface area (Å²) in [7, 11) is 0. The lowest BCUT2D eigenvalue weighted by atomic mass is 10.1. The molecular weight excluding hydrogens is 380 g/mol. The molecule has 0 radical (unpaired) electrons. The summed E-state index contributed by atoms with van der Waals surface area (Å²) < 4.78 is 5.32. The first-order valence-electron chi connectivity index (χ1n) is 10.1. The van der Waals surface area contributed by atoms with Gasteiger partial charge in [-0.2, -0.15) is 0 Å². The number of esters is 1. The smallest absolute Gasteiger partial charge is 0.320 e. The summed E-state index contributed by atoms with van der Waals surface area (Å²) >= 11 is 0. The Bertz CT molecular complexity index is 909. The van der Waals surface area contributed by atoms with Crippen LogP contribution in [-0.2, 0) is 14.3 Å². The first kappa shape index (κ1) is 21.5. The van der Waals surface area contributed by atoms with Gasteiger partial charge in [0.15, 0.2) is 0 Å². The van der Waals surface area contributed by atoms with E-state index in [1.807, 2.05) is 43.3 Å². The van der Waals surface area contributed by atoms with Gasteiger partial charge in [0.05, 0.1) is 12.6 Å².